The average Bonchev–Trinajstić information content (AvgIpc) is 2.37. The number of nitrogens with zero attached hydrogens (tertiary/aromatic N) is 1. The van der Waals surface area contributed by atoms with Crippen LogP contribution in [0.1, 0.15) is 53.4 Å². The normalized spacial score (nSPS) is 33.4. The molecule has 118 valence electrons. The molecule has 4 atom stereocenters. The molecular formula is C17H27NO3. The minimum absolute atomic E-state index is 0.000483. The molecule has 1 saturated carbocycles. The molecule has 1 aliphatic heterocycles. The number of amides is 1. The Morgan fingerprint density at radius 2 is 2.05 bits per heavy atom. The third-order valence-corrected chi connectivity index (χ3v) is 4.82. The van der Waals surface area contributed by atoms with Crippen molar-refractivity contribution in [1.82, 2.24) is 4.90 Å². The first kappa shape index (κ1) is 16.1. The Kier molecular flexibility index (Phi) is 5.07. The van der Waals surface area contributed by atoms with Crippen LogP contribution in [0.15, 0.2) is 12.3 Å². The Balaban J connectivity index is 2.02. The first-order valence-corrected chi connectivity index (χ1v) is 8.08. The van der Waals surface area contributed by atoms with Crippen LogP contribution in [0.25, 0.3) is 0 Å². The minimum atomic E-state index is -0.309. The number of allylic oxidation sites excluding steroid dienone is 1. The summed E-state index contributed by atoms with van der Waals surface area (Å²) in [6.07, 6.45) is 6.38. The van der Waals surface area contributed by atoms with Gasteiger partial charge >= 0.3 is 6.09 Å². The second kappa shape index (κ2) is 6.63. The van der Waals surface area contributed by atoms with Gasteiger partial charge in [0.25, 0.3) is 0 Å². The fourth-order valence-corrected chi connectivity index (χ4v) is 3.45. The second-order valence-corrected chi connectivity index (χ2v) is 6.99. The maximum atomic E-state index is 12.4. The zero-order valence-corrected chi connectivity index (χ0v) is 13.5. The van der Waals surface area contributed by atoms with Crippen molar-refractivity contribution in [3.63, 3.8) is 0 Å². The first-order chi connectivity index (χ1) is 9.88. The van der Waals surface area contributed by atoms with Gasteiger partial charge in [-0.05, 0) is 43.6 Å². The van der Waals surface area contributed by atoms with Crippen molar-refractivity contribution in [3.05, 3.63) is 12.3 Å². The Hall–Kier alpha value is -1.32. The molecule has 0 radical (unpaired) electrons. The van der Waals surface area contributed by atoms with Crippen molar-refractivity contribution < 1.29 is 14.3 Å². The summed E-state index contributed by atoms with van der Waals surface area (Å²) in [5.41, 5.74) is 0. The molecular weight excluding hydrogens is 266 g/mol. The molecule has 0 aromatic rings. The standard InChI is InChI=1S/C17H27NO3/c1-11(2)15-6-5-12(3)9-16(15)21-17(20)18-8-7-14(19)10-13(18)4/h7-8,11-13,15-16H,5-6,9-10H2,1-4H3/t12-,13-,15+,16-/m1/s1. The van der Waals surface area contributed by atoms with Gasteiger partial charge in [0.2, 0.25) is 0 Å². The smallest absolute Gasteiger partial charge is 0.414 e. The van der Waals surface area contributed by atoms with E-state index in [4.69, 9.17) is 4.74 Å². The lowest BCUT2D eigenvalue weighted by Gasteiger charge is -2.38. The molecule has 21 heavy (non-hydrogen) atoms. The molecule has 1 amide bonds. The van der Waals surface area contributed by atoms with Gasteiger partial charge in [-0.1, -0.05) is 27.2 Å². The summed E-state index contributed by atoms with van der Waals surface area (Å²) in [5, 5.41) is 0. The Labute approximate surface area is 127 Å². The van der Waals surface area contributed by atoms with Gasteiger partial charge in [-0.15, -0.1) is 0 Å². The predicted molar refractivity (Wildman–Crippen MR) is 81.7 cm³/mol. The second-order valence-electron chi connectivity index (χ2n) is 6.99. The average molecular weight is 293 g/mol. The van der Waals surface area contributed by atoms with Crippen LogP contribution in [-0.2, 0) is 9.53 Å². The summed E-state index contributed by atoms with van der Waals surface area (Å²) in [6.45, 7) is 8.50. The lowest BCUT2D eigenvalue weighted by Crippen LogP contribution is -2.43. The Morgan fingerprint density at radius 3 is 2.67 bits per heavy atom. The van der Waals surface area contributed by atoms with E-state index >= 15 is 0 Å². The summed E-state index contributed by atoms with van der Waals surface area (Å²) in [7, 11) is 0. The van der Waals surface area contributed by atoms with Crippen LogP contribution in [0, 0.1) is 17.8 Å². The molecule has 0 aromatic carbocycles. The summed E-state index contributed by atoms with van der Waals surface area (Å²) in [5.74, 6) is 1.63. The lowest BCUT2D eigenvalue weighted by atomic mass is 9.75. The van der Waals surface area contributed by atoms with E-state index in [1.165, 1.54) is 12.5 Å². The topological polar surface area (TPSA) is 46.6 Å². The molecule has 1 fully saturated rings. The van der Waals surface area contributed by atoms with Gasteiger partial charge in [-0.2, -0.15) is 0 Å². The molecule has 2 aliphatic rings. The largest absolute Gasteiger partial charge is 0.446 e. The molecule has 1 aliphatic carbocycles. The van der Waals surface area contributed by atoms with E-state index in [2.05, 4.69) is 20.8 Å². The number of carbonyl (C=O) groups is 2. The first-order valence-electron chi connectivity index (χ1n) is 8.08. The number of carbonyl (C=O) groups excluding carboxylic acids is 2. The summed E-state index contributed by atoms with van der Waals surface area (Å²) < 4.78 is 5.81. The third-order valence-electron chi connectivity index (χ3n) is 4.82. The number of hydrogen-bond donors (Lipinski definition) is 0. The number of hydrogen-bond acceptors (Lipinski definition) is 3. The van der Waals surface area contributed by atoms with Gasteiger partial charge in [-0.3, -0.25) is 9.69 Å². The molecule has 0 spiro atoms. The van der Waals surface area contributed by atoms with Crippen molar-refractivity contribution in [2.45, 2.75) is 65.5 Å². The Morgan fingerprint density at radius 1 is 1.33 bits per heavy atom. The number of ketones is 1. The molecule has 4 nitrogen and oxygen atoms in total. The van der Waals surface area contributed by atoms with Gasteiger partial charge in [0.15, 0.2) is 5.78 Å². The van der Waals surface area contributed by atoms with Crippen molar-refractivity contribution in [3.8, 4) is 0 Å². The van der Waals surface area contributed by atoms with Gasteiger partial charge in [-0.25, -0.2) is 4.79 Å². The van der Waals surface area contributed by atoms with Crippen molar-refractivity contribution in [1.29, 1.82) is 0 Å². The molecule has 0 bridgehead atoms. The maximum absolute atomic E-state index is 12.4. The molecule has 0 N–H and O–H groups in total. The van der Waals surface area contributed by atoms with Crippen LogP contribution in [0.2, 0.25) is 0 Å². The van der Waals surface area contributed by atoms with E-state index in [0.29, 0.717) is 24.2 Å². The maximum Gasteiger partial charge on any atom is 0.414 e. The van der Waals surface area contributed by atoms with Crippen LogP contribution in [-0.4, -0.2) is 28.9 Å². The lowest BCUT2D eigenvalue weighted by molar-refractivity contribution is -0.116. The molecule has 1 heterocycles. The zero-order chi connectivity index (χ0) is 15.6. The highest BCUT2D eigenvalue weighted by molar-refractivity contribution is 5.92. The molecule has 0 unspecified atom stereocenters. The van der Waals surface area contributed by atoms with Crippen LogP contribution in [0.4, 0.5) is 4.79 Å². The van der Waals surface area contributed by atoms with E-state index in [9.17, 15) is 9.59 Å². The van der Waals surface area contributed by atoms with Crippen LogP contribution >= 0.6 is 0 Å². The fraction of sp³-hybridized carbons (Fsp3) is 0.765. The summed E-state index contributed by atoms with van der Waals surface area (Å²) >= 11 is 0. The third kappa shape index (κ3) is 3.86. The highest BCUT2D eigenvalue weighted by Crippen LogP contribution is 2.35. The van der Waals surface area contributed by atoms with Crippen molar-refractivity contribution >= 4 is 11.9 Å². The van der Waals surface area contributed by atoms with E-state index in [1.54, 1.807) is 11.1 Å². The minimum Gasteiger partial charge on any atom is -0.446 e. The summed E-state index contributed by atoms with van der Waals surface area (Å²) in [6, 6.07) is -0.117. The molecule has 0 saturated heterocycles. The van der Waals surface area contributed by atoms with Crippen LogP contribution in [0.3, 0.4) is 0 Å². The Bertz CT molecular complexity index is 430. The van der Waals surface area contributed by atoms with E-state index < -0.39 is 0 Å². The van der Waals surface area contributed by atoms with Gasteiger partial charge in [0, 0.05) is 18.7 Å². The van der Waals surface area contributed by atoms with E-state index in [0.717, 1.165) is 12.8 Å². The van der Waals surface area contributed by atoms with E-state index in [-0.39, 0.29) is 24.0 Å². The van der Waals surface area contributed by atoms with Gasteiger partial charge < -0.3 is 4.74 Å². The number of ether oxygens (including phenoxy) is 1. The summed E-state index contributed by atoms with van der Waals surface area (Å²) in [4.78, 5) is 25.3. The van der Waals surface area contributed by atoms with Crippen molar-refractivity contribution in [2.24, 2.45) is 17.8 Å². The highest BCUT2D eigenvalue weighted by atomic mass is 16.6. The fourth-order valence-electron chi connectivity index (χ4n) is 3.45. The predicted octanol–water partition coefficient (Wildman–Crippen LogP) is 3.76. The molecule has 2 rings (SSSR count). The van der Waals surface area contributed by atoms with Crippen LogP contribution < -0.4 is 0 Å². The molecule has 4 heteroatoms. The monoisotopic (exact) mass is 293 g/mol. The SMILES string of the molecule is CC(C)[C@@H]1CC[C@@H](C)C[C@H]1OC(=O)N1C=CC(=O)C[C@H]1C. The van der Waals surface area contributed by atoms with Crippen LogP contribution in [0.5, 0.6) is 0 Å². The van der Waals surface area contributed by atoms with E-state index in [1.807, 2.05) is 6.92 Å². The van der Waals surface area contributed by atoms with Crippen molar-refractivity contribution in [2.75, 3.05) is 0 Å². The zero-order valence-electron chi connectivity index (χ0n) is 13.5. The van der Waals surface area contributed by atoms with Gasteiger partial charge in [0.05, 0.1) is 0 Å². The highest BCUT2D eigenvalue weighted by Gasteiger charge is 2.35. The number of rotatable bonds is 2. The molecule has 0 aromatic heterocycles. The quantitative estimate of drug-likeness (QED) is 0.778. The van der Waals surface area contributed by atoms with Gasteiger partial charge in [0.1, 0.15) is 6.10 Å².